The second-order valence-corrected chi connectivity index (χ2v) is 6.23. The molecule has 3 rings (SSSR count). The van der Waals surface area contributed by atoms with Crippen LogP contribution in [0.5, 0.6) is 0 Å². The van der Waals surface area contributed by atoms with Crippen molar-refractivity contribution in [1.82, 2.24) is 15.5 Å². The lowest BCUT2D eigenvalue weighted by molar-refractivity contribution is -0.126. The van der Waals surface area contributed by atoms with Crippen molar-refractivity contribution in [3.8, 4) is 0 Å². The molecule has 4 nitrogen and oxygen atoms in total. The molecule has 0 bridgehead atoms. The summed E-state index contributed by atoms with van der Waals surface area (Å²) in [6.07, 6.45) is 5.89. The molecule has 4 unspecified atom stereocenters. The smallest absolute Gasteiger partial charge is 0.224 e. The molecule has 0 saturated carbocycles. The molecule has 3 saturated heterocycles. The molecular formula is C14H25N3O. The Morgan fingerprint density at radius 3 is 2.89 bits per heavy atom. The van der Waals surface area contributed by atoms with Gasteiger partial charge in [-0.05, 0) is 45.6 Å². The third kappa shape index (κ3) is 2.41. The lowest BCUT2D eigenvalue weighted by atomic mass is 9.94. The van der Waals surface area contributed by atoms with Gasteiger partial charge in [-0.15, -0.1) is 0 Å². The average molecular weight is 251 g/mol. The fraction of sp³-hybridized carbons (Fsp3) is 0.929. The maximum Gasteiger partial charge on any atom is 0.224 e. The molecule has 3 aliphatic heterocycles. The summed E-state index contributed by atoms with van der Waals surface area (Å²) in [6.45, 7) is 5.46. The summed E-state index contributed by atoms with van der Waals surface area (Å²) in [4.78, 5) is 14.8. The first kappa shape index (κ1) is 12.4. The van der Waals surface area contributed by atoms with Gasteiger partial charge >= 0.3 is 0 Å². The summed E-state index contributed by atoms with van der Waals surface area (Å²) in [6, 6.07) is 1.62. The van der Waals surface area contributed by atoms with Crippen molar-refractivity contribution in [3.05, 3.63) is 0 Å². The van der Waals surface area contributed by atoms with E-state index in [-0.39, 0.29) is 11.8 Å². The maximum absolute atomic E-state index is 12.3. The monoisotopic (exact) mass is 251 g/mol. The minimum Gasteiger partial charge on any atom is -0.351 e. The zero-order valence-corrected chi connectivity index (χ0v) is 11.3. The normalized spacial score (nSPS) is 40.7. The van der Waals surface area contributed by atoms with E-state index in [1.165, 1.54) is 25.9 Å². The summed E-state index contributed by atoms with van der Waals surface area (Å²) < 4.78 is 0. The fourth-order valence-corrected chi connectivity index (χ4v) is 3.77. The molecule has 1 amide bonds. The largest absolute Gasteiger partial charge is 0.351 e. The number of piperidine rings is 1. The highest BCUT2D eigenvalue weighted by Gasteiger charge is 2.38. The van der Waals surface area contributed by atoms with E-state index in [0.717, 1.165) is 25.8 Å². The molecule has 0 radical (unpaired) electrons. The summed E-state index contributed by atoms with van der Waals surface area (Å²) in [5, 5.41) is 6.73. The van der Waals surface area contributed by atoms with E-state index >= 15 is 0 Å². The Labute approximate surface area is 109 Å². The molecule has 4 heteroatoms. The number of carbonyl (C=O) groups is 1. The highest BCUT2D eigenvalue weighted by molar-refractivity contribution is 5.79. The van der Waals surface area contributed by atoms with Crippen LogP contribution >= 0.6 is 0 Å². The van der Waals surface area contributed by atoms with Crippen LogP contribution in [0.1, 0.15) is 39.0 Å². The topological polar surface area (TPSA) is 44.4 Å². The van der Waals surface area contributed by atoms with E-state index < -0.39 is 0 Å². The number of amides is 1. The molecule has 0 spiro atoms. The Kier molecular flexibility index (Phi) is 3.57. The van der Waals surface area contributed by atoms with Crippen LogP contribution in [0.4, 0.5) is 0 Å². The van der Waals surface area contributed by atoms with Crippen molar-refractivity contribution in [2.45, 2.75) is 57.2 Å². The van der Waals surface area contributed by atoms with E-state index in [1.807, 2.05) is 0 Å². The molecular weight excluding hydrogens is 226 g/mol. The predicted molar refractivity (Wildman–Crippen MR) is 71.3 cm³/mol. The zero-order valence-electron chi connectivity index (χ0n) is 11.3. The molecule has 0 aromatic heterocycles. The van der Waals surface area contributed by atoms with Crippen LogP contribution in [-0.4, -0.2) is 48.6 Å². The van der Waals surface area contributed by atoms with E-state index in [4.69, 9.17) is 0 Å². The minimum absolute atomic E-state index is 0.191. The molecule has 3 fully saturated rings. The van der Waals surface area contributed by atoms with Gasteiger partial charge in [0.15, 0.2) is 0 Å². The molecule has 0 aromatic rings. The van der Waals surface area contributed by atoms with E-state index in [9.17, 15) is 4.79 Å². The Morgan fingerprint density at radius 1 is 1.22 bits per heavy atom. The van der Waals surface area contributed by atoms with E-state index in [0.29, 0.717) is 18.1 Å². The van der Waals surface area contributed by atoms with Crippen LogP contribution in [0.2, 0.25) is 0 Å². The van der Waals surface area contributed by atoms with Crippen molar-refractivity contribution in [2.24, 2.45) is 5.92 Å². The SMILES string of the molecule is CC1CCC(C(=O)NC2CCN3CCCC23)CN1. The van der Waals surface area contributed by atoms with E-state index in [1.54, 1.807) is 0 Å². The standard InChI is InChI=1S/C14H25N3O/c1-10-4-5-11(9-15-10)14(18)16-12-6-8-17-7-2-3-13(12)17/h10-13,15H,2-9H2,1H3,(H,16,18). The van der Waals surface area contributed by atoms with Crippen molar-refractivity contribution >= 4 is 5.91 Å². The summed E-state index contributed by atoms with van der Waals surface area (Å²) in [5.41, 5.74) is 0. The Hall–Kier alpha value is -0.610. The molecule has 4 atom stereocenters. The molecule has 3 heterocycles. The number of rotatable bonds is 2. The van der Waals surface area contributed by atoms with Crippen LogP contribution in [0.3, 0.4) is 0 Å². The van der Waals surface area contributed by atoms with Crippen molar-refractivity contribution in [1.29, 1.82) is 0 Å². The van der Waals surface area contributed by atoms with Gasteiger partial charge in [-0.2, -0.15) is 0 Å². The third-order valence-corrected chi connectivity index (χ3v) is 4.97. The second-order valence-electron chi connectivity index (χ2n) is 6.23. The number of fused-ring (bicyclic) bond motifs is 1. The van der Waals surface area contributed by atoms with Crippen LogP contribution in [-0.2, 0) is 4.79 Å². The number of carbonyl (C=O) groups excluding carboxylic acids is 1. The number of nitrogens with one attached hydrogen (secondary N) is 2. The van der Waals surface area contributed by atoms with Crippen molar-refractivity contribution in [2.75, 3.05) is 19.6 Å². The lowest BCUT2D eigenvalue weighted by Crippen LogP contribution is -2.49. The van der Waals surface area contributed by atoms with Gasteiger partial charge in [-0.1, -0.05) is 0 Å². The van der Waals surface area contributed by atoms with Crippen LogP contribution in [0.25, 0.3) is 0 Å². The van der Waals surface area contributed by atoms with Crippen LogP contribution in [0.15, 0.2) is 0 Å². The van der Waals surface area contributed by atoms with Gasteiger partial charge in [-0.3, -0.25) is 9.69 Å². The molecule has 18 heavy (non-hydrogen) atoms. The first-order chi connectivity index (χ1) is 8.74. The van der Waals surface area contributed by atoms with Gasteiger partial charge in [0, 0.05) is 31.2 Å². The second kappa shape index (κ2) is 5.17. The number of nitrogens with zero attached hydrogens (tertiary/aromatic N) is 1. The van der Waals surface area contributed by atoms with Crippen LogP contribution in [0, 0.1) is 5.92 Å². The quantitative estimate of drug-likeness (QED) is 0.760. The zero-order chi connectivity index (χ0) is 12.5. The van der Waals surface area contributed by atoms with Gasteiger partial charge in [0.05, 0.1) is 5.92 Å². The predicted octanol–water partition coefficient (Wildman–Crippen LogP) is 0.727. The highest BCUT2D eigenvalue weighted by Crippen LogP contribution is 2.28. The Bertz CT molecular complexity index is 312. The lowest BCUT2D eigenvalue weighted by Gasteiger charge is -2.29. The molecule has 2 N–H and O–H groups in total. The highest BCUT2D eigenvalue weighted by atomic mass is 16.2. The van der Waals surface area contributed by atoms with Gasteiger partial charge in [0.2, 0.25) is 5.91 Å². The van der Waals surface area contributed by atoms with E-state index in [2.05, 4.69) is 22.5 Å². The maximum atomic E-state index is 12.3. The Balaban J connectivity index is 1.52. The van der Waals surface area contributed by atoms with Gasteiger partial charge in [0.25, 0.3) is 0 Å². The number of hydrogen-bond acceptors (Lipinski definition) is 3. The molecule has 102 valence electrons. The molecule has 3 aliphatic rings. The average Bonchev–Trinajstić information content (AvgIpc) is 2.95. The summed E-state index contributed by atoms with van der Waals surface area (Å²) >= 11 is 0. The number of hydrogen-bond donors (Lipinski definition) is 2. The third-order valence-electron chi connectivity index (χ3n) is 4.97. The Morgan fingerprint density at radius 2 is 2.11 bits per heavy atom. The van der Waals surface area contributed by atoms with Gasteiger partial charge in [0.1, 0.15) is 0 Å². The molecule has 0 aliphatic carbocycles. The minimum atomic E-state index is 0.191. The first-order valence-corrected chi connectivity index (χ1v) is 7.52. The molecule has 0 aromatic carbocycles. The first-order valence-electron chi connectivity index (χ1n) is 7.52. The fourth-order valence-electron chi connectivity index (χ4n) is 3.77. The van der Waals surface area contributed by atoms with Crippen molar-refractivity contribution < 1.29 is 4.79 Å². The summed E-state index contributed by atoms with van der Waals surface area (Å²) in [7, 11) is 0. The summed E-state index contributed by atoms with van der Waals surface area (Å²) in [5.74, 6) is 0.477. The van der Waals surface area contributed by atoms with Crippen molar-refractivity contribution in [3.63, 3.8) is 0 Å². The van der Waals surface area contributed by atoms with Gasteiger partial charge < -0.3 is 10.6 Å². The van der Waals surface area contributed by atoms with Crippen LogP contribution < -0.4 is 10.6 Å². The van der Waals surface area contributed by atoms with Gasteiger partial charge in [-0.25, -0.2) is 0 Å².